The maximum atomic E-state index is 12.6. The molecule has 7 nitrogen and oxygen atoms in total. The molecule has 0 saturated carbocycles. The SMILES string of the molecule is Cn1c(NCC2CCN(C(=O)c3ccccc3)C2)nc(C2=CC=NCC2)cc1=O. The lowest BCUT2D eigenvalue weighted by molar-refractivity contribution is 0.0788. The van der Waals surface area contributed by atoms with Crippen molar-refractivity contribution in [2.24, 2.45) is 18.0 Å². The van der Waals surface area contributed by atoms with Crippen molar-refractivity contribution in [1.82, 2.24) is 14.5 Å². The molecule has 2 aliphatic rings. The van der Waals surface area contributed by atoms with Crippen molar-refractivity contribution in [3.05, 3.63) is 64.1 Å². The number of nitrogens with one attached hydrogen (secondary N) is 1. The summed E-state index contributed by atoms with van der Waals surface area (Å²) < 4.78 is 1.53. The maximum Gasteiger partial charge on any atom is 0.255 e. The van der Waals surface area contributed by atoms with Gasteiger partial charge < -0.3 is 10.2 Å². The van der Waals surface area contributed by atoms with Crippen LogP contribution in [0.1, 0.15) is 28.9 Å². The molecular weight excluding hydrogens is 366 g/mol. The summed E-state index contributed by atoms with van der Waals surface area (Å²) in [4.78, 5) is 35.7. The Bertz CT molecular complexity index is 1010. The third-order valence-corrected chi connectivity index (χ3v) is 5.50. The fourth-order valence-electron chi connectivity index (χ4n) is 3.74. The summed E-state index contributed by atoms with van der Waals surface area (Å²) in [6.07, 6.45) is 5.40. The minimum atomic E-state index is -0.0896. The van der Waals surface area contributed by atoms with Crippen LogP contribution in [0.4, 0.5) is 5.95 Å². The fourth-order valence-corrected chi connectivity index (χ4v) is 3.74. The second kappa shape index (κ2) is 8.43. The summed E-state index contributed by atoms with van der Waals surface area (Å²) in [5.41, 5.74) is 2.37. The zero-order chi connectivity index (χ0) is 20.2. The Kier molecular flexibility index (Phi) is 5.55. The van der Waals surface area contributed by atoms with Crippen LogP contribution in [0.2, 0.25) is 0 Å². The van der Waals surface area contributed by atoms with E-state index in [-0.39, 0.29) is 11.5 Å². The number of aromatic nitrogens is 2. The number of rotatable bonds is 5. The molecule has 4 rings (SSSR count). The minimum absolute atomic E-state index is 0.0755. The topological polar surface area (TPSA) is 79.6 Å². The van der Waals surface area contributed by atoms with Gasteiger partial charge in [-0.3, -0.25) is 19.1 Å². The number of carbonyl (C=O) groups is 1. The lowest BCUT2D eigenvalue weighted by Crippen LogP contribution is -2.30. The number of amides is 1. The van der Waals surface area contributed by atoms with E-state index in [1.54, 1.807) is 19.3 Å². The number of allylic oxidation sites excluding steroid dienone is 1. The highest BCUT2D eigenvalue weighted by atomic mass is 16.2. The summed E-state index contributed by atoms with van der Waals surface area (Å²) >= 11 is 0. The van der Waals surface area contributed by atoms with E-state index >= 15 is 0 Å². The zero-order valence-corrected chi connectivity index (χ0v) is 16.5. The Balaban J connectivity index is 1.41. The Morgan fingerprint density at radius 2 is 2.10 bits per heavy atom. The number of carbonyl (C=O) groups excluding carboxylic acids is 1. The third-order valence-electron chi connectivity index (χ3n) is 5.50. The van der Waals surface area contributed by atoms with Gasteiger partial charge in [-0.15, -0.1) is 0 Å². The smallest absolute Gasteiger partial charge is 0.255 e. The lowest BCUT2D eigenvalue weighted by Gasteiger charge is -2.18. The van der Waals surface area contributed by atoms with Gasteiger partial charge in [0.1, 0.15) is 0 Å². The maximum absolute atomic E-state index is 12.6. The summed E-state index contributed by atoms with van der Waals surface area (Å²) in [7, 11) is 1.72. The molecule has 0 bridgehead atoms. The quantitative estimate of drug-likeness (QED) is 0.848. The average molecular weight is 391 g/mol. The number of benzene rings is 1. The number of nitrogens with zero attached hydrogens (tertiary/aromatic N) is 4. The summed E-state index contributed by atoms with van der Waals surface area (Å²) in [5.74, 6) is 0.958. The first kappa shape index (κ1) is 19.1. The van der Waals surface area contributed by atoms with Gasteiger partial charge in [0.15, 0.2) is 0 Å². The van der Waals surface area contributed by atoms with Crippen LogP contribution in [0.25, 0.3) is 5.57 Å². The van der Waals surface area contributed by atoms with E-state index in [1.807, 2.05) is 41.3 Å². The predicted octanol–water partition coefficient (Wildman–Crippen LogP) is 2.21. The van der Waals surface area contributed by atoms with E-state index in [0.29, 0.717) is 30.6 Å². The highest BCUT2D eigenvalue weighted by Crippen LogP contribution is 2.21. The van der Waals surface area contributed by atoms with Gasteiger partial charge >= 0.3 is 0 Å². The molecule has 0 aliphatic carbocycles. The number of hydrogen-bond acceptors (Lipinski definition) is 5. The molecule has 3 heterocycles. The van der Waals surface area contributed by atoms with Gasteiger partial charge in [-0.05, 0) is 42.5 Å². The molecule has 1 aromatic heterocycles. The summed E-state index contributed by atoms with van der Waals surface area (Å²) in [5, 5.41) is 3.33. The first-order valence-corrected chi connectivity index (χ1v) is 9.97. The van der Waals surface area contributed by atoms with Crippen LogP contribution >= 0.6 is 0 Å². The van der Waals surface area contributed by atoms with Crippen LogP contribution in [0.15, 0.2) is 52.3 Å². The molecule has 7 heteroatoms. The van der Waals surface area contributed by atoms with E-state index < -0.39 is 0 Å². The van der Waals surface area contributed by atoms with E-state index in [4.69, 9.17) is 0 Å². The fraction of sp³-hybridized carbons (Fsp3) is 0.364. The second-order valence-electron chi connectivity index (χ2n) is 7.51. The number of anilines is 1. The Morgan fingerprint density at radius 3 is 2.86 bits per heavy atom. The van der Waals surface area contributed by atoms with Crippen LogP contribution < -0.4 is 10.9 Å². The Labute approximate surface area is 169 Å². The second-order valence-corrected chi connectivity index (χ2v) is 7.51. The number of likely N-dealkylation sites (tertiary alicyclic amines) is 1. The molecule has 1 saturated heterocycles. The molecule has 1 fully saturated rings. The molecule has 29 heavy (non-hydrogen) atoms. The van der Waals surface area contributed by atoms with Gasteiger partial charge in [0, 0.05) is 51.1 Å². The number of hydrogen-bond donors (Lipinski definition) is 1. The molecule has 2 aliphatic heterocycles. The monoisotopic (exact) mass is 391 g/mol. The highest BCUT2D eigenvalue weighted by Gasteiger charge is 2.27. The van der Waals surface area contributed by atoms with Gasteiger partial charge in [0.25, 0.3) is 11.5 Å². The van der Waals surface area contributed by atoms with Gasteiger partial charge in [-0.1, -0.05) is 18.2 Å². The molecule has 2 aromatic rings. The molecular formula is C22H25N5O2. The van der Waals surface area contributed by atoms with Crippen molar-refractivity contribution >= 4 is 23.6 Å². The van der Waals surface area contributed by atoms with Crippen molar-refractivity contribution in [2.45, 2.75) is 12.8 Å². The van der Waals surface area contributed by atoms with Crippen molar-refractivity contribution < 1.29 is 4.79 Å². The normalized spacial score (nSPS) is 18.6. The van der Waals surface area contributed by atoms with Crippen molar-refractivity contribution in [3.8, 4) is 0 Å². The van der Waals surface area contributed by atoms with Gasteiger partial charge in [0.05, 0.1) is 5.69 Å². The van der Waals surface area contributed by atoms with Crippen molar-refractivity contribution in [3.63, 3.8) is 0 Å². The minimum Gasteiger partial charge on any atom is -0.355 e. The standard InChI is InChI=1S/C22H25N5O2/c1-26-20(28)13-19(17-7-10-23-11-8-17)25-22(26)24-14-16-9-12-27(15-16)21(29)18-5-3-2-4-6-18/h2-7,10,13,16H,8-9,11-12,14-15H2,1H3,(H,24,25). The highest BCUT2D eigenvalue weighted by molar-refractivity contribution is 5.94. The number of dihydropyridines is 1. The zero-order valence-electron chi connectivity index (χ0n) is 16.5. The van der Waals surface area contributed by atoms with Crippen LogP contribution in [0.3, 0.4) is 0 Å². The van der Waals surface area contributed by atoms with Crippen molar-refractivity contribution in [2.75, 3.05) is 31.5 Å². The largest absolute Gasteiger partial charge is 0.355 e. The van der Waals surface area contributed by atoms with Gasteiger partial charge in [-0.2, -0.15) is 0 Å². The van der Waals surface area contributed by atoms with E-state index in [0.717, 1.165) is 37.1 Å². The molecule has 1 atom stereocenters. The van der Waals surface area contributed by atoms with Gasteiger partial charge in [0.2, 0.25) is 5.95 Å². The Hall–Kier alpha value is -3.22. The molecule has 150 valence electrons. The Morgan fingerprint density at radius 1 is 1.28 bits per heavy atom. The molecule has 1 amide bonds. The van der Waals surface area contributed by atoms with Crippen LogP contribution in [0.5, 0.6) is 0 Å². The first-order valence-electron chi connectivity index (χ1n) is 9.97. The third kappa shape index (κ3) is 4.29. The van der Waals surface area contributed by atoms with E-state index in [2.05, 4.69) is 15.3 Å². The molecule has 1 unspecified atom stereocenters. The first-order chi connectivity index (χ1) is 14.1. The predicted molar refractivity (Wildman–Crippen MR) is 114 cm³/mol. The molecule has 0 spiro atoms. The molecule has 1 N–H and O–H groups in total. The van der Waals surface area contributed by atoms with Crippen molar-refractivity contribution in [1.29, 1.82) is 0 Å². The van der Waals surface area contributed by atoms with E-state index in [1.165, 1.54) is 4.57 Å². The summed E-state index contributed by atoms with van der Waals surface area (Å²) in [6, 6.07) is 11.0. The van der Waals surface area contributed by atoms with Crippen LogP contribution in [-0.2, 0) is 7.05 Å². The lowest BCUT2D eigenvalue weighted by atomic mass is 10.1. The molecule has 1 aromatic carbocycles. The average Bonchev–Trinajstić information content (AvgIpc) is 3.24. The van der Waals surface area contributed by atoms with Gasteiger partial charge in [-0.25, -0.2) is 4.98 Å². The number of aliphatic imine (C=N–C) groups is 1. The molecule has 0 radical (unpaired) electrons. The summed E-state index contributed by atoms with van der Waals surface area (Å²) in [6.45, 7) is 2.84. The van der Waals surface area contributed by atoms with Crippen LogP contribution in [-0.4, -0.2) is 52.8 Å². The van der Waals surface area contributed by atoms with Crippen LogP contribution in [0, 0.1) is 5.92 Å². The van der Waals surface area contributed by atoms with E-state index in [9.17, 15) is 9.59 Å².